The monoisotopic (exact) mass is 336 g/mol. The van der Waals surface area contributed by atoms with E-state index >= 15 is 0 Å². The van der Waals surface area contributed by atoms with Gasteiger partial charge in [0, 0.05) is 50.5 Å². The molecule has 0 spiro atoms. The molecular weight excluding hydrogens is 308 g/mol. The van der Waals surface area contributed by atoms with Gasteiger partial charge < -0.3 is 15.0 Å². The van der Waals surface area contributed by atoms with Crippen LogP contribution in [0.1, 0.15) is 38.7 Å². The van der Waals surface area contributed by atoms with Crippen molar-refractivity contribution in [3.63, 3.8) is 0 Å². The van der Waals surface area contributed by atoms with E-state index in [1.165, 1.54) is 0 Å². The van der Waals surface area contributed by atoms with Crippen LogP contribution in [0.4, 0.5) is 0 Å². The zero-order valence-electron chi connectivity index (χ0n) is 14.7. The first-order valence-corrected chi connectivity index (χ1v) is 8.78. The fourth-order valence-electron chi connectivity index (χ4n) is 2.85. The van der Waals surface area contributed by atoms with Crippen LogP contribution in [0.3, 0.4) is 0 Å². The third kappa shape index (κ3) is 5.33. The molecule has 7 nitrogen and oxygen atoms in total. The van der Waals surface area contributed by atoms with Crippen LogP contribution in [0.2, 0.25) is 0 Å². The number of aryl methyl sites for hydroxylation is 1. The molecule has 0 bridgehead atoms. The van der Waals surface area contributed by atoms with E-state index in [0.29, 0.717) is 39.1 Å². The lowest BCUT2D eigenvalue weighted by Gasteiger charge is -2.31. The molecule has 0 aliphatic carbocycles. The average Bonchev–Trinajstić information content (AvgIpc) is 3.05. The summed E-state index contributed by atoms with van der Waals surface area (Å²) in [6.45, 7) is 7.30. The lowest BCUT2D eigenvalue weighted by atomic mass is 9.96. The van der Waals surface area contributed by atoms with Crippen LogP contribution in [0.5, 0.6) is 0 Å². The van der Waals surface area contributed by atoms with Gasteiger partial charge in [0.2, 0.25) is 11.8 Å². The molecule has 1 fully saturated rings. The van der Waals surface area contributed by atoms with Gasteiger partial charge in [0.25, 0.3) is 0 Å². The van der Waals surface area contributed by atoms with Gasteiger partial charge in [-0.1, -0.05) is 6.92 Å². The fraction of sp³-hybridized carbons (Fsp3) is 0.706. The molecule has 1 aromatic rings. The second-order valence-electron chi connectivity index (χ2n) is 6.12. The van der Waals surface area contributed by atoms with Gasteiger partial charge >= 0.3 is 0 Å². The van der Waals surface area contributed by atoms with Crippen molar-refractivity contribution in [2.75, 3.05) is 26.3 Å². The Hall–Kier alpha value is -1.89. The Morgan fingerprint density at radius 1 is 1.33 bits per heavy atom. The quantitative estimate of drug-likeness (QED) is 0.773. The first kappa shape index (κ1) is 18.4. The molecule has 2 heterocycles. The number of nitrogens with one attached hydrogen (secondary N) is 1. The zero-order valence-corrected chi connectivity index (χ0v) is 14.7. The molecule has 134 valence electrons. The molecule has 24 heavy (non-hydrogen) atoms. The highest BCUT2D eigenvalue weighted by atomic mass is 16.5. The molecule has 0 saturated carbocycles. The molecule has 1 aliphatic rings. The summed E-state index contributed by atoms with van der Waals surface area (Å²) in [4.78, 5) is 26.0. The number of likely N-dealkylation sites (tertiary alicyclic amines) is 1. The summed E-state index contributed by atoms with van der Waals surface area (Å²) in [6.07, 6.45) is 6.22. The first-order chi connectivity index (χ1) is 11.6. The maximum absolute atomic E-state index is 12.3. The highest BCUT2D eigenvalue weighted by molar-refractivity contribution is 5.80. The molecular formula is C17H28N4O3. The Bertz CT molecular complexity index is 536. The number of amides is 2. The summed E-state index contributed by atoms with van der Waals surface area (Å²) < 4.78 is 7.04. The number of hydrogen-bond acceptors (Lipinski definition) is 4. The van der Waals surface area contributed by atoms with Gasteiger partial charge in [-0.05, 0) is 26.2 Å². The number of carbonyl (C=O) groups excluding carboxylic acids is 2. The van der Waals surface area contributed by atoms with Crippen molar-refractivity contribution in [3.05, 3.63) is 18.0 Å². The van der Waals surface area contributed by atoms with Crippen LogP contribution in [0, 0.1) is 5.92 Å². The van der Waals surface area contributed by atoms with Crippen molar-refractivity contribution in [2.24, 2.45) is 5.92 Å². The summed E-state index contributed by atoms with van der Waals surface area (Å²) in [5, 5.41) is 7.24. The molecule has 0 atom stereocenters. The van der Waals surface area contributed by atoms with Gasteiger partial charge in [-0.25, -0.2) is 0 Å². The molecule has 2 rings (SSSR count). The van der Waals surface area contributed by atoms with E-state index in [-0.39, 0.29) is 24.3 Å². The number of carbonyl (C=O) groups is 2. The minimum absolute atomic E-state index is 0.0130. The Morgan fingerprint density at radius 3 is 2.75 bits per heavy atom. The third-order valence-corrected chi connectivity index (χ3v) is 4.25. The Kier molecular flexibility index (Phi) is 7.24. The van der Waals surface area contributed by atoms with Crippen molar-refractivity contribution in [1.82, 2.24) is 20.0 Å². The van der Waals surface area contributed by atoms with Crippen LogP contribution in [0.25, 0.3) is 0 Å². The highest BCUT2D eigenvalue weighted by Gasteiger charge is 2.27. The van der Waals surface area contributed by atoms with Crippen molar-refractivity contribution >= 4 is 11.8 Å². The number of ether oxygens (including phenoxy) is 1. The zero-order chi connectivity index (χ0) is 17.4. The molecule has 1 saturated heterocycles. The van der Waals surface area contributed by atoms with Gasteiger partial charge in [-0.15, -0.1) is 0 Å². The maximum atomic E-state index is 12.3. The number of aromatic nitrogens is 2. The van der Waals surface area contributed by atoms with Crippen LogP contribution < -0.4 is 5.32 Å². The number of hydrogen-bond donors (Lipinski definition) is 1. The molecule has 1 aromatic heterocycles. The van der Waals surface area contributed by atoms with Crippen molar-refractivity contribution in [2.45, 2.75) is 46.2 Å². The fourth-order valence-corrected chi connectivity index (χ4v) is 2.85. The standard InChI is InChI=1S/C17H28N4O3/c1-3-7-21-12-14(11-19-21)10-18-17(23)15-5-8-20(9-6-15)16(22)13-24-4-2/h11-12,15H,3-10,13H2,1-2H3,(H,18,23). The second kappa shape index (κ2) is 9.42. The molecule has 2 amide bonds. The minimum atomic E-state index is -0.0215. The molecule has 0 aromatic carbocycles. The predicted octanol–water partition coefficient (Wildman–Crippen LogP) is 1.18. The Balaban J connectivity index is 1.71. The topological polar surface area (TPSA) is 76.5 Å². The van der Waals surface area contributed by atoms with E-state index in [9.17, 15) is 9.59 Å². The lowest BCUT2D eigenvalue weighted by molar-refractivity contribution is -0.139. The minimum Gasteiger partial charge on any atom is -0.372 e. The maximum Gasteiger partial charge on any atom is 0.248 e. The summed E-state index contributed by atoms with van der Waals surface area (Å²) in [5.41, 5.74) is 1.01. The van der Waals surface area contributed by atoms with Gasteiger partial charge in [-0.3, -0.25) is 14.3 Å². The van der Waals surface area contributed by atoms with Crippen LogP contribution in [-0.4, -0.2) is 52.8 Å². The highest BCUT2D eigenvalue weighted by Crippen LogP contribution is 2.17. The van der Waals surface area contributed by atoms with Gasteiger partial charge in [0.05, 0.1) is 6.20 Å². The summed E-state index contributed by atoms with van der Waals surface area (Å²) in [6, 6.07) is 0. The smallest absolute Gasteiger partial charge is 0.248 e. The van der Waals surface area contributed by atoms with Crippen LogP contribution >= 0.6 is 0 Å². The molecule has 7 heteroatoms. The average molecular weight is 336 g/mol. The number of rotatable bonds is 8. The SMILES string of the molecule is CCCn1cc(CNC(=O)C2CCN(C(=O)COCC)CC2)cn1. The van der Waals surface area contributed by atoms with E-state index in [2.05, 4.69) is 17.3 Å². The second-order valence-corrected chi connectivity index (χ2v) is 6.12. The van der Waals surface area contributed by atoms with Crippen molar-refractivity contribution in [1.29, 1.82) is 0 Å². The number of nitrogens with zero attached hydrogens (tertiary/aromatic N) is 3. The van der Waals surface area contributed by atoms with Gasteiger partial charge in [0.15, 0.2) is 0 Å². The molecule has 0 radical (unpaired) electrons. The summed E-state index contributed by atoms with van der Waals surface area (Å²) in [5.74, 6) is 0.0565. The van der Waals surface area contributed by atoms with E-state index < -0.39 is 0 Å². The largest absolute Gasteiger partial charge is 0.372 e. The lowest BCUT2D eigenvalue weighted by Crippen LogP contribution is -2.44. The normalized spacial score (nSPS) is 15.5. The van der Waals surface area contributed by atoms with Gasteiger partial charge in [0.1, 0.15) is 6.61 Å². The first-order valence-electron chi connectivity index (χ1n) is 8.78. The van der Waals surface area contributed by atoms with Gasteiger partial charge in [-0.2, -0.15) is 5.10 Å². The summed E-state index contributed by atoms with van der Waals surface area (Å²) >= 11 is 0. The number of piperidine rings is 1. The van der Waals surface area contributed by atoms with Crippen molar-refractivity contribution in [3.8, 4) is 0 Å². The molecule has 0 unspecified atom stereocenters. The van der Waals surface area contributed by atoms with Crippen LogP contribution in [-0.2, 0) is 27.4 Å². The van der Waals surface area contributed by atoms with E-state index in [4.69, 9.17) is 4.74 Å². The van der Waals surface area contributed by atoms with E-state index in [1.807, 2.05) is 17.8 Å². The summed E-state index contributed by atoms with van der Waals surface area (Å²) in [7, 11) is 0. The van der Waals surface area contributed by atoms with E-state index in [1.54, 1.807) is 11.1 Å². The van der Waals surface area contributed by atoms with Crippen LogP contribution in [0.15, 0.2) is 12.4 Å². The van der Waals surface area contributed by atoms with Crippen molar-refractivity contribution < 1.29 is 14.3 Å². The molecule has 1 N–H and O–H groups in total. The molecule has 1 aliphatic heterocycles. The predicted molar refractivity (Wildman–Crippen MR) is 90.2 cm³/mol. The Morgan fingerprint density at radius 2 is 2.08 bits per heavy atom. The Labute approximate surface area is 143 Å². The third-order valence-electron chi connectivity index (χ3n) is 4.25. The van der Waals surface area contributed by atoms with E-state index in [0.717, 1.165) is 18.5 Å².